The number of aromatic nitrogens is 5. The minimum absolute atomic E-state index is 0.123. The van der Waals surface area contributed by atoms with Crippen molar-refractivity contribution in [3.63, 3.8) is 0 Å². The normalized spacial score (nSPS) is 16.4. The first-order chi connectivity index (χ1) is 19.5. The van der Waals surface area contributed by atoms with Crippen molar-refractivity contribution in [2.75, 3.05) is 19.6 Å². The molecule has 3 aromatic carbocycles. The van der Waals surface area contributed by atoms with Gasteiger partial charge in [-0.15, -0.1) is 10.2 Å². The number of nitrogens with one attached hydrogen (secondary N) is 2. The summed E-state index contributed by atoms with van der Waals surface area (Å²) in [5.74, 6) is -0.0916. The summed E-state index contributed by atoms with van der Waals surface area (Å²) in [5.41, 5.74) is 4.59. The molecule has 2 atom stereocenters. The average Bonchev–Trinajstić information content (AvgIpc) is 3.71. The van der Waals surface area contributed by atoms with Gasteiger partial charge in [-0.05, 0) is 40.5 Å². The summed E-state index contributed by atoms with van der Waals surface area (Å²) in [6.07, 6.45) is 0.570. The molecule has 2 aromatic heterocycles. The first-order valence-corrected chi connectivity index (χ1v) is 13.2. The van der Waals surface area contributed by atoms with E-state index in [4.69, 9.17) is 4.42 Å². The Morgan fingerprint density at radius 2 is 1.90 bits per heavy atom. The number of rotatable bonds is 9. The number of aromatic amines is 1. The molecule has 3 heterocycles. The Bertz CT molecular complexity index is 1650. The molecular formula is C29H29N7O4. The summed E-state index contributed by atoms with van der Waals surface area (Å²) in [5, 5.41) is 27.1. The van der Waals surface area contributed by atoms with Crippen LogP contribution in [0.1, 0.15) is 29.2 Å². The van der Waals surface area contributed by atoms with E-state index in [0.717, 1.165) is 35.2 Å². The van der Waals surface area contributed by atoms with E-state index in [-0.39, 0.29) is 24.5 Å². The third kappa shape index (κ3) is 5.70. The number of fused-ring (bicyclic) bond motifs is 1. The predicted molar refractivity (Wildman–Crippen MR) is 147 cm³/mol. The second kappa shape index (κ2) is 11.2. The zero-order valence-electron chi connectivity index (χ0n) is 21.7. The number of nitrogens with zero attached hydrogens (tertiary/aromatic N) is 5. The van der Waals surface area contributed by atoms with Gasteiger partial charge in [0.1, 0.15) is 0 Å². The molecule has 1 aliphatic heterocycles. The largest absolute Gasteiger partial charge is 0.420 e. The number of likely N-dealkylation sites (tertiary alicyclic amines) is 1. The van der Waals surface area contributed by atoms with Gasteiger partial charge in [-0.1, -0.05) is 60.7 Å². The Balaban J connectivity index is 1.18. The lowest BCUT2D eigenvalue weighted by Crippen LogP contribution is -2.38. The Labute approximate surface area is 229 Å². The summed E-state index contributed by atoms with van der Waals surface area (Å²) >= 11 is 0. The van der Waals surface area contributed by atoms with Crippen molar-refractivity contribution < 1.29 is 14.3 Å². The van der Waals surface area contributed by atoms with Crippen molar-refractivity contribution in [2.45, 2.75) is 31.5 Å². The van der Waals surface area contributed by atoms with Crippen LogP contribution in [0.3, 0.4) is 0 Å². The molecule has 0 saturated carbocycles. The van der Waals surface area contributed by atoms with Gasteiger partial charge in [-0.2, -0.15) is 5.21 Å². The highest BCUT2D eigenvalue weighted by molar-refractivity contribution is 5.81. The Morgan fingerprint density at radius 3 is 2.62 bits per heavy atom. The number of amides is 1. The number of carbonyl (C=O) groups is 1. The first kappa shape index (κ1) is 25.7. The van der Waals surface area contributed by atoms with Crippen molar-refractivity contribution in [2.24, 2.45) is 0 Å². The van der Waals surface area contributed by atoms with Crippen molar-refractivity contribution in [1.29, 1.82) is 0 Å². The smallest absolute Gasteiger partial charge is 0.408 e. The van der Waals surface area contributed by atoms with Crippen LogP contribution in [0.4, 0.5) is 0 Å². The van der Waals surface area contributed by atoms with Crippen LogP contribution in [-0.4, -0.2) is 66.8 Å². The van der Waals surface area contributed by atoms with Gasteiger partial charge in [0.2, 0.25) is 11.7 Å². The number of benzene rings is 3. The lowest BCUT2D eigenvalue weighted by atomic mass is 10.1. The summed E-state index contributed by atoms with van der Waals surface area (Å²) < 4.78 is 7.03. The molecule has 11 nitrogen and oxygen atoms in total. The molecule has 1 aliphatic rings. The van der Waals surface area contributed by atoms with E-state index in [1.165, 1.54) is 0 Å². The standard InChI is InChI=1S/C29H29N7O4/c37-23-12-13-35(17-23)18-24(21-4-2-1-3-5-21)30-27(38)15-20-8-11-26-25(14-20)36(29(39)40-26)16-19-6-9-22(10-7-19)28-31-33-34-32-28/h1-11,14,23-24,37H,12-13,15-18H2,(H,30,38)(H,31,32,33,34)/t23?,24-/m1/s1. The van der Waals surface area contributed by atoms with Crippen molar-refractivity contribution in [3.05, 3.63) is 100 Å². The molecule has 204 valence electrons. The van der Waals surface area contributed by atoms with E-state index in [1.54, 1.807) is 10.6 Å². The Hall–Kier alpha value is -4.61. The van der Waals surface area contributed by atoms with Gasteiger partial charge in [-0.25, -0.2) is 4.79 Å². The third-order valence-electron chi connectivity index (χ3n) is 7.22. The summed E-state index contributed by atoms with van der Waals surface area (Å²) in [6, 6.07) is 22.6. The van der Waals surface area contributed by atoms with Gasteiger partial charge in [0, 0.05) is 25.2 Å². The molecule has 0 radical (unpaired) electrons. The van der Waals surface area contributed by atoms with Gasteiger partial charge < -0.3 is 14.8 Å². The van der Waals surface area contributed by atoms with Crippen LogP contribution in [0.2, 0.25) is 0 Å². The van der Waals surface area contributed by atoms with E-state index in [0.29, 0.717) is 36.6 Å². The minimum atomic E-state index is -0.462. The van der Waals surface area contributed by atoms with Crippen LogP contribution in [0, 0.1) is 0 Å². The predicted octanol–water partition coefficient (Wildman–Crippen LogP) is 2.29. The fourth-order valence-corrected chi connectivity index (χ4v) is 5.18. The van der Waals surface area contributed by atoms with E-state index >= 15 is 0 Å². The average molecular weight is 540 g/mol. The maximum absolute atomic E-state index is 13.2. The second-order valence-corrected chi connectivity index (χ2v) is 10.1. The number of hydrogen-bond acceptors (Lipinski definition) is 8. The van der Waals surface area contributed by atoms with Crippen molar-refractivity contribution in [3.8, 4) is 11.4 Å². The van der Waals surface area contributed by atoms with Crippen LogP contribution in [0.15, 0.2) is 82.0 Å². The molecule has 1 fully saturated rings. The summed E-state index contributed by atoms with van der Waals surface area (Å²) in [7, 11) is 0. The van der Waals surface area contributed by atoms with Crippen LogP contribution in [-0.2, 0) is 17.8 Å². The summed E-state index contributed by atoms with van der Waals surface area (Å²) in [6.45, 7) is 2.34. The van der Waals surface area contributed by atoms with E-state index in [9.17, 15) is 14.7 Å². The van der Waals surface area contributed by atoms with Gasteiger partial charge in [0.05, 0.1) is 30.6 Å². The molecule has 40 heavy (non-hydrogen) atoms. The number of tetrazole rings is 1. The van der Waals surface area contributed by atoms with Crippen LogP contribution in [0.5, 0.6) is 0 Å². The maximum Gasteiger partial charge on any atom is 0.420 e. The second-order valence-electron chi connectivity index (χ2n) is 10.1. The van der Waals surface area contributed by atoms with Gasteiger partial charge in [0.15, 0.2) is 5.58 Å². The zero-order valence-corrected chi connectivity index (χ0v) is 21.7. The van der Waals surface area contributed by atoms with Crippen LogP contribution < -0.4 is 11.1 Å². The molecule has 1 amide bonds. The quantitative estimate of drug-likeness (QED) is 0.259. The monoisotopic (exact) mass is 539 g/mol. The molecule has 6 rings (SSSR count). The molecule has 11 heteroatoms. The molecule has 0 spiro atoms. The summed E-state index contributed by atoms with van der Waals surface area (Å²) in [4.78, 5) is 28.0. The number of β-amino-alcohol motifs (C(OH)–C–C–N with tert-alkyl or cyclic N) is 1. The van der Waals surface area contributed by atoms with Gasteiger partial charge >= 0.3 is 5.76 Å². The van der Waals surface area contributed by atoms with Crippen LogP contribution in [0.25, 0.3) is 22.5 Å². The number of aliphatic hydroxyl groups excluding tert-OH is 1. The highest BCUT2D eigenvalue weighted by Crippen LogP contribution is 2.21. The van der Waals surface area contributed by atoms with E-state index < -0.39 is 5.76 Å². The zero-order chi connectivity index (χ0) is 27.5. The molecule has 0 aliphatic carbocycles. The number of hydrogen-bond donors (Lipinski definition) is 3. The highest BCUT2D eigenvalue weighted by atomic mass is 16.4. The first-order valence-electron chi connectivity index (χ1n) is 13.2. The fraction of sp³-hybridized carbons (Fsp3) is 0.276. The van der Waals surface area contributed by atoms with Crippen LogP contribution >= 0.6 is 0 Å². The lowest BCUT2D eigenvalue weighted by molar-refractivity contribution is -0.121. The van der Waals surface area contributed by atoms with E-state index in [2.05, 4.69) is 30.8 Å². The van der Waals surface area contributed by atoms with Crippen molar-refractivity contribution >= 4 is 17.0 Å². The van der Waals surface area contributed by atoms with E-state index in [1.807, 2.05) is 66.7 Å². The topological polar surface area (TPSA) is 142 Å². The van der Waals surface area contributed by atoms with Crippen molar-refractivity contribution in [1.82, 2.24) is 35.4 Å². The molecule has 1 saturated heterocycles. The van der Waals surface area contributed by atoms with Gasteiger partial charge in [0.25, 0.3) is 0 Å². The Morgan fingerprint density at radius 1 is 1.10 bits per heavy atom. The number of aliphatic hydroxyl groups is 1. The number of carbonyl (C=O) groups excluding carboxylic acids is 1. The molecule has 0 bridgehead atoms. The molecular weight excluding hydrogens is 510 g/mol. The number of oxazole rings is 1. The minimum Gasteiger partial charge on any atom is -0.408 e. The van der Waals surface area contributed by atoms with Gasteiger partial charge in [-0.3, -0.25) is 14.3 Å². The molecule has 3 N–H and O–H groups in total. The number of H-pyrrole nitrogens is 1. The third-order valence-corrected chi connectivity index (χ3v) is 7.22. The lowest BCUT2D eigenvalue weighted by Gasteiger charge is -2.25. The Kier molecular flexibility index (Phi) is 7.21. The maximum atomic E-state index is 13.2. The molecule has 1 unspecified atom stereocenters. The fourth-order valence-electron chi connectivity index (χ4n) is 5.18. The SMILES string of the molecule is O=C(Cc1ccc2oc(=O)n(Cc3ccc(-c4nn[nH]n4)cc3)c2c1)N[C@H](CN1CCC(O)C1)c1ccccc1. The highest BCUT2D eigenvalue weighted by Gasteiger charge is 2.25. The molecule has 5 aromatic rings.